The molecule has 2 fully saturated rings. The lowest BCUT2D eigenvalue weighted by Gasteiger charge is -2.34. The molecular weight excluding hydrogens is 386 g/mol. The zero-order valence-corrected chi connectivity index (χ0v) is 16.8. The molecule has 0 unspecified atom stereocenters. The number of amides is 2. The molecule has 2 saturated heterocycles. The fourth-order valence-electron chi connectivity index (χ4n) is 3.88. The second-order valence-corrected chi connectivity index (χ2v) is 8.26. The number of pyridine rings is 1. The fraction of sp³-hybridized carbons (Fsp3) is 0.333. The van der Waals surface area contributed by atoms with Gasteiger partial charge in [-0.2, -0.15) is 0 Å². The molecule has 0 N–H and O–H groups in total. The highest BCUT2D eigenvalue weighted by molar-refractivity contribution is 7.21. The molecule has 0 aliphatic carbocycles. The van der Waals surface area contributed by atoms with Crippen LogP contribution in [0.3, 0.4) is 0 Å². The van der Waals surface area contributed by atoms with E-state index < -0.39 is 0 Å². The summed E-state index contributed by atoms with van der Waals surface area (Å²) in [5.41, 5.74) is 2.46. The Morgan fingerprint density at radius 1 is 1.00 bits per heavy atom. The molecule has 0 bridgehead atoms. The van der Waals surface area contributed by atoms with Crippen LogP contribution in [0.2, 0.25) is 0 Å². The molecule has 2 aliphatic rings. The quantitative estimate of drug-likeness (QED) is 0.668. The van der Waals surface area contributed by atoms with Crippen molar-refractivity contribution in [3.8, 4) is 0 Å². The normalized spacial score (nSPS) is 17.4. The van der Waals surface area contributed by atoms with Crippen molar-refractivity contribution in [2.24, 2.45) is 0 Å². The Hall–Kier alpha value is -3.00. The van der Waals surface area contributed by atoms with Gasteiger partial charge in [0.15, 0.2) is 5.13 Å². The number of thiazole rings is 1. The van der Waals surface area contributed by atoms with E-state index in [-0.39, 0.29) is 11.8 Å². The van der Waals surface area contributed by atoms with Crippen molar-refractivity contribution < 1.29 is 9.59 Å². The summed E-state index contributed by atoms with van der Waals surface area (Å²) in [7, 11) is 0. The highest BCUT2D eigenvalue weighted by Gasteiger charge is 2.25. The first-order chi connectivity index (χ1) is 14.2. The minimum Gasteiger partial charge on any atom is -0.344 e. The highest BCUT2D eigenvalue weighted by atomic mass is 32.1. The number of hydrogen-bond donors (Lipinski definition) is 0. The number of benzene rings is 1. The Bertz CT molecular complexity index is 1020. The van der Waals surface area contributed by atoms with Crippen molar-refractivity contribution in [3.05, 3.63) is 48.2 Å². The van der Waals surface area contributed by atoms with E-state index in [4.69, 9.17) is 0 Å². The molecule has 29 heavy (non-hydrogen) atoms. The first-order valence-electron chi connectivity index (χ1n) is 9.85. The second kappa shape index (κ2) is 7.44. The van der Waals surface area contributed by atoms with E-state index in [0.29, 0.717) is 25.1 Å². The molecule has 0 radical (unpaired) electrons. The van der Waals surface area contributed by atoms with Crippen LogP contribution in [0.15, 0.2) is 42.6 Å². The Morgan fingerprint density at radius 3 is 2.48 bits per heavy atom. The van der Waals surface area contributed by atoms with Gasteiger partial charge in [-0.1, -0.05) is 11.3 Å². The third-order valence-corrected chi connectivity index (χ3v) is 6.53. The topological polar surface area (TPSA) is 69.6 Å². The van der Waals surface area contributed by atoms with Gasteiger partial charge in [0, 0.05) is 56.6 Å². The number of aromatic nitrogens is 2. The Balaban J connectivity index is 1.23. The third-order valence-electron chi connectivity index (χ3n) is 5.49. The number of anilines is 2. The van der Waals surface area contributed by atoms with Crippen LogP contribution in [0.25, 0.3) is 10.3 Å². The van der Waals surface area contributed by atoms with E-state index in [2.05, 4.69) is 14.9 Å². The zero-order chi connectivity index (χ0) is 19.8. The van der Waals surface area contributed by atoms with Crippen molar-refractivity contribution >= 4 is 44.3 Å². The lowest BCUT2D eigenvalue weighted by atomic mass is 10.1. The average Bonchev–Trinajstić information content (AvgIpc) is 3.39. The van der Waals surface area contributed by atoms with Gasteiger partial charge in [0.05, 0.1) is 0 Å². The molecule has 7 nitrogen and oxygen atoms in total. The predicted octanol–water partition coefficient (Wildman–Crippen LogP) is 2.78. The van der Waals surface area contributed by atoms with E-state index in [1.54, 1.807) is 22.4 Å². The molecule has 2 aromatic heterocycles. The zero-order valence-electron chi connectivity index (χ0n) is 16.0. The van der Waals surface area contributed by atoms with Gasteiger partial charge in [-0.3, -0.25) is 9.59 Å². The van der Waals surface area contributed by atoms with E-state index >= 15 is 0 Å². The molecule has 5 rings (SSSR count). The second-order valence-electron chi connectivity index (χ2n) is 7.30. The molecule has 2 amide bonds. The van der Waals surface area contributed by atoms with Crippen molar-refractivity contribution in [1.82, 2.24) is 14.9 Å². The lowest BCUT2D eigenvalue weighted by Crippen LogP contribution is -2.48. The summed E-state index contributed by atoms with van der Waals surface area (Å²) in [6.45, 7) is 3.59. The summed E-state index contributed by atoms with van der Waals surface area (Å²) in [6, 6.07) is 11.3. The summed E-state index contributed by atoms with van der Waals surface area (Å²) < 4.78 is 0. The Morgan fingerprint density at radius 2 is 1.79 bits per heavy atom. The van der Waals surface area contributed by atoms with Crippen molar-refractivity contribution in [3.63, 3.8) is 0 Å². The molecule has 1 aromatic carbocycles. The van der Waals surface area contributed by atoms with Gasteiger partial charge in [0.2, 0.25) is 5.91 Å². The van der Waals surface area contributed by atoms with Gasteiger partial charge in [0.25, 0.3) is 5.91 Å². The summed E-state index contributed by atoms with van der Waals surface area (Å²) in [4.78, 5) is 40.6. The van der Waals surface area contributed by atoms with Gasteiger partial charge in [-0.15, -0.1) is 0 Å². The van der Waals surface area contributed by atoms with Crippen LogP contribution in [-0.2, 0) is 4.79 Å². The largest absolute Gasteiger partial charge is 0.344 e. The van der Waals surface area contributed by atoms with E-state index in [9.17, 15) is 9.59 Å². The van der Waals surface area contributed by atoms with Gasteiger partial charge < -0.3 is 14.7 Å². The van der Waals surface area contributed by atoms with Crippen LogP contribution in [0.4, 0.5) is 10.8 Å². The summed E-state index contributed by atoms with van der Waals surface area (Å²) >= 11 is 1.59. The number of nitrogens with zero attached hydrogens (tertiary/aromatic N) is 5. The molecule has 148 valence electrons. The number of carbonyl (C=O) groups is 2. The lowest BCUT2D eigenvalue weighted by molar-refractivity contribution is -0.117. The van der Waals surface area contributed by atoms with E-state index in [1.165, 1.54) is 0 Å². The molecular formula is C21H21N5O2S. The molecule has 8 heteroatoms. The van der Waals surface area contributed by atoms with Crippen LogP contribution in [0, 0.1) is 0 Å². The van der Waals surface area contributed by atoms with Crippen LogP contribution < -0.4 is 9.80 Å². The Labute approximate surface area is 172 Å². The van der Waals surface area contributed by atoms with Gasteiger partial charge in [-0.05, 0) is 42.8 Å². The maximum atomic E-state index is 12.9. The van der Waals surface area contributed by atoms with E-state index in [1.807, 2.05) is 41.3 Å². The van der Waals surface area contributed by atoms with Gasteiger partial charge in [-0.25, -0.2) is 9.97 Å². The van der Waals surface area contributed by atoms with Crippen LogP contribution in [0.5, 0.6) is 0 Å². The molecule has 4 heterocycles. The maximum Gasteiger partial charge on any atom is 0.253 e. The van der Waals surface area contributed by atoms with Crippen molar-refractivity contribution in [1.29, 1.82) is 0 Å². The molecule has 0 spiro atoms. The number of carbonyl (C=O) groups excluding carboxylic acids is 2. The number of rotatable bonds is 3. The first kappa shape index (κ1) is 18.1. The van der Waals surface area contributed by atoms with Crippen molar-refractivity contribution in [2.45, 2.75) is 12.8 Å². The third kappa shape index (κ3) is 3.44. The van der Waals surface area contributed by atoms with Gasteiger partial charge >= 0.3 is 0 Å². The highest BCUT2D eigenvalue weighted by Crippen LogP contribution is 2.28. The van der Waals surface area contributed by atoms with Crippen molar-refractivity contribution in [2.75, 3.05) is 42.5 Å². The number of piperazine rings is 1. The minimum absolute atomic E-state index is 0.0370. The molecule has 3 aromatic rings. The minimum atomic E-state index is 0.0370. The predicted molar refractivity (Wildman–Crippen MR) is 114 cm³/mol. The van der Waals surface area contributed by atoms with Gasteiger partial charge in [0.1, 0.15) is 10.3 Å². The SMILES string of the molecule is O=C(c1ccc(N2CCCC2=O)cc1)N1CCN(c2nc3cccnc3s2)CC1. The number of hydrogen-bond acceptors (Lipinski definition) is 6. The first-order valence-corrected chi connectivity index (χ1v) is 10.7. The van der Waals surface area contributed by atoms with Crippen LogP contribution in [-0.4, -0.2) is 59.4 Å². The van der Waals surface area contributed by atoms with Crippen LogP contribution >= 0.6 is 11.3 Å². The Kier molecular flexibility index (Phi) is 4.63. The monoisotopic (exact) mass is 407 g/mol. The standard InChI is InChI=1S/C21H21N5O2S/c27-18-4-2-10-26(18)16-7-5-15(6-8-16)20(28)24-11-13-25(14-12-24)21-23-17-3-1-9-22-19(17)29-21/h1,3,5-9H,2,4,10-14H2. The average molecular weight is 407 g/mol. The summed E-state index contributed by atoms with van der Waals surface area (Å²) in [5.74, 6) is 0.195. The summed E-state index contributed by atoms with van der Waals surface area (Å²) in [5, 5.41) is 0.963. The van der Waals surface area contributed by atoms with Crippen LogP contribution in [0.1, 0.15) is 23.2 Å². The molecule has 0 atom stereocenters. The smallest absolute Gasteiger partial charge is 0.253 e. The molecule has 2 aliphatic heterocycles. The molecule has 0 saturated carbocycles. The maximum absolute atomic E-state index is 12.9. The van der Waals surface area contributed by atoms with E-state index in [0.717, 1.165) is 47.2 Å². The number of fused-ring (bicyclic) bond motifs is 1. The fourth-order valence-corrected chi connectivity index (χ4v) is 4.84. The summed E-state index contributed by atoms with van der Waals surface area (Å²) in [6.07, 6.45) is 3.29.